The summed E-state index contributed by atoms with van der Waals surface area (Å²) in [6.07, 6.45) is 0.400. The SMILES string of the molecule is COC(=O)Nc1ccc2c(N[C@@H](Cc3ccccc3)C(=O)N3CCC[C@@]4(C3)OC(=O)Nc3ccc(Cl)cc34)noc2c1. The molecule has 12 heteroatoms. The van der Waals surface area contributed by atoms with Crippen molar-refractivity contribution in [3.63, 3.8) is 0 Å². The monoisotopic (exact) mass is 589 g/mol. The molecule has 1 fully saturated rings. The largest absolute Gasteiger partial charge is 0.453 e. The van der Waals surface area contributed by atoms with Crippen LogP contribution in [0.2, 0.25) is 5.02 Å². The molecule has 1 aromatic heterocycles. The van der Waals surface area contributed by atoms with Gasteiger partial charge >= 0.3 is 12.2 Å². The number of rotatable bonds is 6. The topological polar surface area (TPSA) is 135 Å². The van der Waals surface area contributed by atoms with Crippen molar-refractivity contribution in [2.24, 2.45) is 0 Å². The van der Waals surface area contributed by atoms with Crippen LogP contribution < -0.4 is 16.0 Å². The smallest absolute Gasteiger partial charge is 0.412 e. The Balaban J connectivity index is 1.29. The van der Waals surface area contributed by atoms with Gasteiger partial charge in [-0.3, -0.25) is 15.4 Å². The summed E-state index contributed by atoms with van der Waals surface area (Å²) in [7, 11) is 1.28. The lowest BCUT2D eigenvalue weighted by molar-refractivity contribution is -0.139. The Labute approximate surface area is 246 Å². The number of ether oxygens (including phenoxy) is 2. The summed E-state index contributed by atoms with van der Waals surface area (Å²) in [5.74, 6) is 0.220. The molecule has 0 radical (unpaired) electrons. The lowest BCUT2D eigenvalue weighted by Gasteiger charge is -2.45. The third kappa shape index (κ3) is 5.42. The number of aromatic nitrogens is 1. The first-order valence-electron chi connectivity index (χ1n) is 13.5. The molecule has 3 heterocycles. The average molecular weight is 590 g/mol. The first-order chi connectivity index (χ1) is 20.3. The van der Waals surface area contributed by atoms with Crippen LogP contribution in [0.3, 0.4) is 0 Å². The first-order valence-corrected chi connectivity index (χ1v) is 13.8. The van der Waals surface area contributed by atoms with Crippen LogP contribution in [-0.4, -0.2) is 54.4 Å². The number of carbonyl (C=O) groups excluding carboxylic acids is 3. The van der Waals surface area contributed by atoms with E-state index < -0.39 is 23.8 Å². The van der Waals surface area contributed by atoms with Gasteiger partial charge in [-0.2, -0.15) is 0 Å². The molecule has 0 unspecified atom stereocenters. The van der Waals surface area contributed by atoms with Gasteiger partial charge in [0.15, 0.2) is 17.0 Å². The maximum Gasteiger partial charge on any atom is 0.412 e. The van der Waals surface area contributed by atoms with E-state index >= 15 is 0 Å². The van der Waals surface area contributed by atoms with Crippen LogP contribution in [0.5, 0.6) is 0 Å². The number of methoxy groups -OCH3 is 1. The van der Waals surface area contributed by atoms with Crippen molar-refractivity contribution < 1.29 is 28.4 Å². The summed E-state index contributed by atoms with van der Waals surface area (Å²) in [6.45, 7) is 0.679. The predicted molar refractivity (Wildman–Crippen MR) is 157 cm³/mol. The van der Waals surface area contributed by atoms with Gasteiger partial charge in [0.1, 0.15) is 6.04 Å². The number of fused-ring (bicyclic) bond motifs is 3. The summed E-state index contributed by atoms with van der Waals surface area (Å²) >= 11 is 6.32. The molecule has 6 rings (SSSR count). The Bertz CT molecular complexity index is 1660. The van der Waals surface area contributed by atoms with Gasteiger partial charge in [-0.1, -0.05) is 47.1 Å². The van der Waals surface area contributed by atoms with Crippen LogP contribution in [0.4, 0.5) is 26.8 Å². The number of halogens is 1. The zero-order valence-corrected chi connectivity index (χ0v) is 23.4. The second kappa shape index (κ2) is 11.2. The summed E-state index contributed by atoms with van der Waals surface area (Å²) in [6, 6.07) is 19.3. The highest BCUT2D eigenvalue weighted by Gasteiger charge is 2.47. The van der Waals surface area contributed by atoms with Gasteiger partial charge in [-0.05, 0) is 48.7 Å². The molecule has 1 saturated heterocycles. The molecule has 2 aliphatic heterocycles. The lowest BCUT2D eigenvalue weighted by Crippen LogP contribution is -2.56. The molecular formula is C30H28ClN5O6. The Morgan fingerprint density at radius 3 is 2.81 bits per heavy atom. The van der Waals surface area contributed by atoms with Crippen LogP contribution in [0.15, 0.2) is 71.3 Å². The molecule has 1 spiro atoms. The Morgan fingerprint density at radius 1 is 1.17 bits per heavy atom. The minimum atomic E-state index is -1.02. The van der Waals surface area contributed by atoms with E-state index in [-0.39, 0.29) is 12.5 Å². The number of nitrogens with zero attached hydrogens (tertiary/aromatic N) is 2. The van der Waals surface area contributed by atoms with Crippen molar-refractivity contribution >= 4 is 57.9 Å². The molecule has 3 aromatic carbocycles. The Hall–Kier alpha value is -4.77. The van der Waals surface area contributed by atoms with Gasteiger partial charge in [0, 0.05) is 35.3 Å². The molecule has 0 aliphatic carbocycles. The highest BCUT2D eigenvalue weighted by Crippen LogP contribution is 2.43. The maximum atomic E-state index is 14.2. The van der Waals surface area contributed by atoms with E-state index in [4.69, 9.17) is 20.9 Å². The molecule has 3 N–H and O–H groups in total. The van der Waals surface area contributed by atoms with E-state index in [1.54, 1.807) is 41.3 Å². The molecule has 42 heavy (non-hydrogen) atoms. The summed E-state index contributed by atoms with van der Waals surface area (Å²) < 4.78 is 16.1. The van der Waals surface area contributed by atoms with Crippen LogP contribution >= 0.6 is 11.6 Å². The fourth-order valence-electron chi connectivity index (χ4n) is 5.61. The van der Waals surface area contributed by atoms with E-state index in [1.165, 1.54) is 7.11 Å². The quantitative estimate of drug-likeness (QED) is 0.258. The number of amides is 3. The van der Waals surface area contributed by atoms with E-state index in [0.29, 0.717) is 59.0 Å². The van der Waals surface area contributed by atoms with Crippen LogP contribution in [-0.2, 0) is 26.3 Å². The van der Waals surface area contributed by atoms with Crippen molar-refractivity contribution in [3.8, 4) is 0 Å². The van der Waals surface area contributed by atoms with Crippen LogP contribution in [0, 0.1) is 0 Å². The maximum absolute atomic E-state index is 14.2. The average Bonchev–Trinajstić information content (AvgIpc) is 3.39. The minimum Gasteiger partial charge on any atom is -0.453 e. The molecule has 0 saturated carbocycles. The van der Waals surface area contributed by atoms with Gasteiger partial charge < -0.3 is 24.2 Å². The lowest BCUT2D eigenvalue weighted by atomic mass is 9.83. The number of nitrogens with one attached hydrogen (secondary N) is 3. The number of carbonyl (C=O) groups is 3. The molecule has 0 bridgehead atoms. The minimum absolute atomic E-state index is 0.170. The highest BCUT2D eigenvalue weighted by molar-refractivity contribution is 6.30. The predicted octanol–water partition coefficient (Wildman–Crippen LogP) is 5.76. The van der Waals surface area contributed by atoms with Crippen LogP contribution in [0.25, 0.3) is 11.0 Å². The summed E-state index contributed by atoms with van der Waals surface area (Å²) in [4.78, 5) is 40.1. The van der Waals surface area contributed by atoms with E-state index in [2.05, 4.69) is 25.8 Å². The van der Waals surface area contributed by atoms with Crippen molar-refractivity contribution in [1.82, 2.24) is 10.1 Å². The van der Waals surface area contributed by atoms with Gasteiger partial charge in [0.2, 0.25) is 5.91 Å². The number of hydrogen-bond acceptors (Lipinski definition) is 8. The number of hydrogen-bond donors (Lipinski definition) is 3. The van der Waals surface area contributed by atoms with E-state index in [9.17, 15) is 14.4 Å². The fourth-order valence-corrected chi connectivity index (χ4v) is 5.78. The van der Waals surface area contributed by atoms with Crippen molar-refractivity contribution in [2.75, 3.05) is 36.1 Å². The van der Waals surface area contributed by atoms with Crippen LogP contribution in [0.1, 0.15) is 24.0 Å². The molecule has 11 nitrogen and oxygen atoms in total. The van der Waals surface area contributed by atoms with Crippen molar-refractivity contribution in [2.45, 2.75) is 30.9 Å². The molecule has 2 aliphatic rings. The first kappa shape index (κ1) is 27.4. The number of anilines is 3. The standard InChI is InChI=1S/C30H28ClN5O6/c1-40-28(38)32-20-9-10-21-25(16-20)42-35-26(21)33-24(14-18-6-3-2-4-7-18)27(37)36-13-5-12-30(17-36)22-15-19(31)8-11-23(22)34-29(39)41-30/h2-4,6-11,15-16,24H,5,12-14,17H2,1H3,(H,32,38)(H,33,35)(H,34,39)/t24-,30-/m0/s1. The third-order valence-corrected chi connectivity index (χ3v) is 7.79. The molecular weight excluding hydrogens is 562 g/mol. The second-order valence-corrected chi connectivity index (χ2v) is 10.7. The van der Waals surface area contributed by atoms with E-state index in [1.807, 2.05) is 30.3 Å². The molecule has 216 valence electrons. The van der Waals surface area contributed by atoms with E-state index in [0.717, 1.165) is 11.1 Å². The Kier molecular flexibility index (Phi) is 7.34. The highest BCUT2D eigenvalue weighted by atomic mass is 35.5. The summed E-state index contributed by atoms with van der Waals surface area (Å²) in [5, 5.41) is 14.0. The third-order valence-electron chi connectivity index (χ3n) is 7.56. The molecule has 3 amide bonds. The number of piperidine rings is 1. The Morgan fingerprint density at radius 2 is 2.00 bits per heavy atom. The van der Waals surface area contributed by atoms with Gasteiger partial charge in [0.25, 0.3) is 0 Å². The number of benzene rings is 3. The van der Waals surface area contributed by atoms with Gasteiger partial charge in [-0.15, -0.1) is 0 Å². The fraction of sp³-hybridized carbons (Fsp3) is 0.267. The van der Waals surface area contributed by atoms with Crippen molar-refractivity contribution in [3.05, 3.63) is 82.9 Å². The van der Waals surface area contributed by atoms with Crippen molar-refractivity contribution in [1.29, 1.82) is 0 Å². The van der Waals surface area contributed by atoms with Gasteiger partial charge in [0.05, 0.1) is 24.7 Å². The number of likely N-dealkylation sites (tertiary alicyclic amines) is 1. The zero-order valence-electron chi connectivity index (χ0n) is 22.7. The normalized spacial score (nSPS) is 18.5. The molecule has 4 aromatic rings. The second-order valence-electron chi connectivity index (χ2n) is 10.3. The zero-order chi connectivity index (χ0) is 29.3. The molecule has 2 atom stereocenters. The summed E-state index contributed by atoms with van der Waals surface area (Å²) in [5.41, 5.74) is 2.21. The van der Waals surface area contributed by atoms with Gasteiger partial charge in [-0.25, -0.2) is 9.59 Å².